The molecule has 0 atom stereocenters. The highest BCUT2D eigenvalue weighted by Gasteiger charge is 2.24. The van der Waals surface area contributed by atoms with Gasteiger partial charge in [0, 0.05) is 51.4 Å². The molecule has 0 aliphatic carbocycles. The number of nitro groups is 1. The second kappa shape index (κ2) is 11.2. The molecule has 2 saturated heterocycles. The van der Waals surface area contributed by atoms with Crippen LogP contribution in [0.15, 0.2) is 36.4 Å². The number of hydrogen-bond acceptors (Lipinski definition) is 7. The Bertz CT molecular complexity index is 1120. The Morgan fingerprint density at radius 3 is 2.43 bits per heavy atom. The molecule has 0 bridgehead atoms. The molecule has 4 rings (SSSR count). The highest BCUT2D eigenvalue weighted by atomic mass is 35.5. The molecular formula is C24H29ClN6O3S. The smallest absolute Gasteiger partial charge is 0.270 e. The van der Waals surface area contributed by atoms with Crippen molar-refractivity contribution in [2.45, 2.75) is 19.3 Å². The number of likely N-dealkylation sites (N-methyl/N-ethyl adjacent to an activating group) is 1. The number of piperazine rings is 1. The third kappa shape index (κ3) is 6.01. The number of hydrogen-bond donors (Lipinski definition) is 2. The highest BCUT2D eigenvalue weighted by Crippen LogP contribution is 2.34. The van der Waals surface area contributed by atoms with Crippen LogP contribution in [0.1, 0.15) is 29.6 Å². The molecule has 2 aromatic rings. The van der Waals surface area contributed by atoms with Crippen LogP contribution >= 0.6 is 23.8 Å². The number of piperidine rings is 1. The van der Waals surface area contributed by atoms with Crippen LogP contribution in [0, 0.1) is 10.1 Å². The van der Waals surface area contributed by atoms with Crippen molar-refractivity contribution >= 4 is 57.6 Å². The maximum absolute atomic E-state index is 13.2. The minimum atomic E-state index is -0.498. The van der Waals surface area contributed by atoms with Gasteiger partial charge in [0.2, 0.25) is 0 Å². The van der Waals surface area contributed by atoms with E-state index in [1.165, 1.54) is 12.1 Å². The predicted octanol–water partition coefficient (Wildman–Crippen LogP) is 4.12. The third-order valence-corrected chi connectivity index (χ3v) is 6.92. The van der Waals surface area contributed by atoms with Gasteiger partial charge in [-0.25, -0.2) is 0 Å². The number of amides is 1. The second-order valence-corrected chi connectivity index (χ2v) is 9.66. The molecule has 2 heterocycles. The minimum absolute atomic E-state index is 0.101. The number of nitrogens with zero attached hydrogens (tertiary/aromatic N) is 4. The molecule has 0 aromatic heterocycles. The van der Waals surface area contributed by atoms with Crippen LogP contribution in [-0.4, -0.2) is 67.2 Å². The molecule has 2 aromatic carbocycles. The van der Waals surface area contributed by atoms with Crippen molar-refractivity contribution in [3.8, 4) is 0 Å². The van der Waals surface area contributed by atoms with E-state index < -0.39 is 10.8 Å². The normalized spacial score (nSPS) is 16.6. The quantitative estimate of drug-likeness (QED) is 0.348. The molecule has 11 heteroatoms. The van der Waals surface area contributed by atoms with Crippen LogP contribution in [0.3, 0.4) is 0 Å². The number of para-hydroxylation sites is 1. The van der Waals surface area contributed by atoms with Gasteiger partial charge in [0.05, 0.1) is 32.6 Å². The first-order valence-electron chi connectivity index (χ1n) is 11.7. The van der Waals surface area contributed by atoms with Gasteiger partial charge in [0.1, 0.15) is 0 Å². The zero-order valence-corrected chi connectivity index (χ0v) is 21.2. The number of halogens is 1. The first-order chi connectivity index (χ1) is 16.8. The van der Waals surface area contributed by atoms with Crippen LogP contribution < -0.4 is 20.4 Å². The van der Waals surface area contributed by atoms with E-state index in [4.69, 9.17) is 23.8 Å². The van der Waals surface area contributed by atoms with Gasteiger partial charge >= 0.3 is 0 Å². The van der Waals surface area contributed by atoms with Crippen molar-refractivity contribution in [1.82, 2.24) is 10.2 Å². The van der Waals surface area contributed by atoms with Crippen molar-refractivity contribution < 1.29 is 9.72 Å². The lowest BCUT2D eigenvalue weighted by Crippen LogP contribution is -2.45. The molecule has 1 amide bonds. The number of nitrogens with one attached hydrogen (secondary N) is 2. The fourth-order valence-electron chi connectivity index (χ4n) is 4.52. The van der Waals surface area contributed by atoms with Gasteiger partial charge in [0.15, 0.2) is 5.11 Å². The monoisotopic (exact) mass is 516 g/mol. The summed E-state index contributed by atoms with van der Waals surface area (Å²) < 4.78 is 0. The molecule has 0 saturated carbocycles. The van der Waals surface area contributed by atoms with Gasteiger partial charge in [-0.15, -0.1) is 0 Å². The minimum Gasteiger partial charge on any atom is -0.371 e. The van der Waals surface area contributed by atoms with Gasteiger partial charge in [-0.2, -0.15) is 0 Å². The molecule has 0 unspecified atom stereocenters. The summed E-state index contributed by atoms with van der Waals surface area (Å²) in [6.07, 6.45) is 3.16. The Balaban J connectivity index is 1.53. The van der Waals surface area contributed by atoms with Crippen LogP contribution in [0.2, 0.25) is 5.02 Å². The summed E-state index contributed by atoms with van der Waals surface area (Å²) in [5.74, 6) is -0.491. The molecule has 186 valence electrons. The summed E-state index contributed by atoms with van der Waals surface area (Å²) in [6.45, 7) is 5.08. The second-order valence-electron chi connectivity index (χ2n) is 8.84. The SMILES string of the molecule is CN1CCN(c2c(Cl)cccc2NC(=S)NC(=O)c2cc([N+](=O)[O-])ccc2N2CCCCC2)CC1. The van der Waals surface area contributed by atoms with E-state index in [9.17, 15) is 14.9 Å². The number of non-ortho nitro benzene ring substituents is 1. The first-order valence-corrected chi connectivity index (χ1v) is 12.5. The zero-order valence-electron chi connectivity index (χ0n) is 19.6. The molecule has 2 N–H and O–H groups in total. The van der Waals surface area contributed by atoms with Crippen molar-refractivity contribution in [2.24, 2.45) is 0 Å². The zero-order chi connectivity index (χ0) is 24.9. The molecule has 2 fully saturated rings. The first kappa shape index (κ1) is 25.2. The van der Waals surface area contributed by atoms with Crippen molar-refractivity contribution in [3.05, 3.63) is 57.1 Å². The summed E-state index contributed by atoms with van der Waals surface area (Å²) >= 11 is 12.0. The van der Waals surface area contributed by atoms with E-state index >= 15 is 0 Å². The maximum atomic E-state index is 13.2. The Kier molecular flexibility index (Phi) is 8.04. The van der Waals surface area contributed by atoms with E-state index in [0.29, 0.717) is 16.4 Å². The number of carbonyl (C=O) groups excluding carboxylic acids is 1. The average molecular weight is 517 g/mol. The Morgan fingerprint density at radius 2 is 1.74 bits per heavy atom. The van der Waals surface area contributed by atoms with Crippen molar-refractivity contribution in [3.63, 3.8) is 0 Å². The summed E-state index contributed by atoms with van der Waals surface area (Å²) in [7, 11) is 2.08. The number of benzene rings is 2. The summed E-state index contributed by atoms with van der Waals surface area (Å²) in [6, 6.07) is 9.92. The number of nitro benzene ring substituents is 1. The van der Waals surface area contributed by atoms with Crippen LogP contribution in [0.4, 0.5) is 22.7 Å². The molecule has 9 nitrogen and oxygen atoms in total. The fraction of sp³-hybridized carbons (Fsp3) is 0.417. The van der Waals surface area contributed by atoms with Gasteiger partial charge in [0.25, 0.3) is 11.6 Å². The topological polar surface area (TPSA) is 94.0 Å². The number of thiocarbonyl (C=S) groups is 1. The lowest BCUT2D eigenvalue weighted by Gasteiger charge is -2.35. The molecule has 0 spiro atoms. The standard InChI is InChI=1S/C24H29ClN6O3S/c1-28-12-14-30(15-13-28)22-19(25)6-5-7-20(22)26-24(35)27-23(32)18-16-17(31(33)34)8-9-21(18)29-10-3-2-4-11-29/h5-9,16H,2-4,10-15H2,1H3,(H2,26,27,32,35). The van der Waals surface area contributed by atoms with E-state index in [1.807, 2.05) is 18.2 Å². The van der Waals surface area contributed by atoms with Gasteiger partial charge < -0.3 is 20.0 Å². The highest BCUT2D eigenvalue weighted by molar-refractivity contribution is 7.80. The van der Waals surface area contributed by atoms with Crippen LogP contribution in [0.5, 0.6) is 0 Å². The molecule has 35 heavy (non-hydrogen) atoms. The Morgan fingerprint density at radius 1 is 1.03 bits per heavy atom. The Hall–Kier alpha value is -2.95. The summed E-state index contributed by atoms with van der Waals surface area (Å²) in [4.78, 5) is 30.7. The van der Waals surface area contributed by atoms with E-state index in [0.717, 1.165) is 64.2 Å². The summed E-state index contributed by atoms with van der Waals surface area (Å²) in [5.41, 5.74) is 2.31. The van der Waals surface area contributed by atoms with Crippen molar-refractivity contribution in [1.29, 1.82) is 0 Å². The van der Waals surface area contributed by atoms with Gasteiger partial charge in [-0.1, -0.05) is 17.7 Å². The third-order valence-electron chi connectivity index (χ3n) is 6.41. The Labute approximate surface area is 215 Å². The van der Waals surface area contributed by atoms with Gasteiger partial charge in [-0.05, 0) is 56.7 Å². The van der Waals surface area contributed by atoms with E-state index in [1.54, 1.807) is 6.07 Å². The number of anilines is 3. The largest absolute Gasteiger partial charge is 0.371 e. The van der Waals surface area contributed by atoms with E-state index in [2.05, 4.69) is 32.4 Å². The predicted molar refractivity (Wildman–Crippen MR) is 144 cm³/mol. The molecule has 2 aliphatic rings. The number of rotatable bonds is 5. The molecular weight excluding hydrogens is 488 g/mol. The average Bonchev–Trinajstić information content (AvgIpc) is 2.85. The summed E-state index contributed by atoms with van der Waals surface area (Å²) in [5, 5.41) is 17.9. The van der Waals surface area contributed by atoms with Gasteiger partial charge in [-0.3, -0.25) is 20.2 Å². The maximum Gasteiger partial charge on any atom is 0.270 e. The van der Waals surface area contributed by atoms with E-state index in [-0.39, 0.29) is 16.4 Å². The molecule has 0 radical (unpaired) electrons. The van der Waals surface area contributed by atoms with Crippen LogP contribution in [0.25, 0.3) is 0 Å². The lowest BCUT2D eigenvalue weighted by molar-refractivity contribution is -0.384. The van der Waals surface area contributed by atoms with Crippen LogP contribution in [-0.2, 0) is 0 Å². The number of carbonyl (C=O) groups is 1. The van der Waals surface area contributed by atoms with Crippen molar-refractivity contribution in [2.75, 3.05) is 61.4 Å². The fourth-order valence-corrected chi connectivity index (χ4v) is 5.02. The molecule has 2 aliphatic heterocycles. The lowest BCUT2D eigenvalue weighted by atomic mass is 10.1.